The van der Waals surface area contributed by atoms with E-state index in [-0.39, 0.29) is 0 Å². The third-order valence-corrected chi connectivity index (χ3v) is 2.54. The van der Waals surface area contributed by atoms with Crippen LogP contribution >= 0.6 is 0 Å². The average molecular weight is 154 g/mol. The lowest BCUT2D eigenvalue weighted by molar-refractivity contribution is 0.449. The molecule has 1 fully saturated rings. The maximum absolute atomic E-state index is 7.34. The minimum absolute atomic E-state index is 0.398. The molecule has 0 aromatic carbocycles. The predicted molar refractivity (Wildman–Crippen MR) is 47.7 cm³/mol. The molecular formula is C9H18N2. The van der Waals surface area contributed by atoms with Crippen LogP contribution in [0.25, 0.3) is 0 Å². The van der Waals surface area contributed by atoms with Crippen molar-refractivity contribution in [1.82, 2.24) is 0 Å². The summed E-state index contributed by atoms with van der Waals surface area (Å²) in [7, 11) is 0. The Bertz CT molecular complexity index is 124. The Balaban J connectivity index is 2.32. The molecule has 0 aromatic rings. The first-order valence-electron chi connectivity index (χ1n) is 4.64. The van der Waals surface area contributed by atoms with Crippen LogP contribution in [0.3, 0.4) is 0 Å². The first-order valence-corrected chi connectivity index (χ1v) is 4.64. The summed E-state index contributed by atoms with van der Waals surface area (Å²) in [5, 5.41) is 7.34. The van der Waals surface area contributed by atoms with Gasteiger partial charge >= 0.3 is 0 Å². The second-order valence-corrected chi connectivity index (χ2v) is 3.50. The van der Waals surface area contributed by atoms with Gasteiger partial charge in [-0.05, 0) is 12.8 Å². The van der Waals surface area contributed by atoms with Gasteiger partial charge in [0.25, 0.3) is 0 Å². The highest BCUT2D eigenvalue weighted by atomic mass is 14.7. The lowest BCUT2D eigenvalue weighted by atomic mass is 9.90. The molecule has 2 nitrogen and oxygen atoms in total. The molecule has 0 heterocycles. The maximum atomic E-state index is 7.34. The summed E-state index contributed by atoms with van der Waals surface area (Å²) in [6.45, 7) is 0. The monoisotopic (exact) mass is 154 g/mol. The van der Waals surface area contributed by atoms with E-state index in [1.807, 2.05) is 0 Å². The van der Waals surface area contributed by atoms with Crippen LogP contribution in [0.1, 0.15) is 44.9 Å². The maximum Gasteiger partial charge on any atom is 0.0936 e. The van der Waals surface area contributed by atoms with Gasteiger partial charge in [0.05, 0.1) is 5.84 Å². The molecule has 0 spiro atoms. The highest BCUT2D eigenvalue weighted by molar-refractivity contribution is 5.79. The Labute approximate surface area is 68.7 Å². The molecule has 0 saturated heterocycles. The minimum atomic E-state index is 0.398. The third kappa shape index (κ3) is 2.91. The zero-order valence-corrected chi connectivity index (χ0v) is 7.10. The standard InChI is InChI=1S/C9H18N2/c10-9(11)8-6-4-2-1-3-5-7-8/h8H,1-7H2,(H3,10,11). The zero-order chi connectivity index (χ0) is 8.10. The van der Waals surface area contributed by atoms with Gasteiger partial charge in [0, 0.05) is 5.92 Å². The number of amidine groups is 1. The van der Waals surface area contributed by atoms with E-state index >= 15 is 0 Å². The van der Waals surface area contributed by atoms with Crippen molar-refractivity contribution in [2.24, 2.45) is 11.7 Å². The van der Waals surface area contributed by atoms with Crippen LogP contribution in [0.15, 0.2) is 0 Å². The van der Waals surface area contributed by atoms with Crippen LogP contribution in [0, 0.1) is 11.3 Å². The molecule has 0 amide bonds. The van der Waals surface area contributed by atoms with Crippen LogP contribution in [0.4, 0.5) is 0 Å². The van der Waals surface area contributed by atoms with E-state index < -0.39 is 0 Å². The molecule has 0 aliphatic heterocycles. The van der Waals surface area contributed by atoms with Gasteiger partial charge in [-0.3, -0.25) is 5.41 Å². The van der Waals surface area contributed by atoms with Crippen molar-refractivity contribution in [3.05, 3.63) is 0 Å². The van der Waals surface area contributed by atoms with E-state index in [1.54, 1.807) is 0 Å². The average Bonchev–Trinajstić information content (AvgIpc) is 1.84. The topological polar surface area (TPSA) is 49.9 Å². The Kier molecular flexibility index (Phi) is 3.40. The molecule has 0 radical (unpaired) electrons. The van der Waals surface area contributed by atoms with Crippen molar-refractivity contribution in [2.45, 2.75) is 44.9 Å². The number of hydrogen-bond acceptors (Lipinski definition) is 1. The molecule has 2 heteroatoms. The van der Waals surface area contributed by atoms with Crippen molar-refractivity contribution in [3.8, 4) is 0 Å². The minimum Gasteiger partial charge on any atom is -0.387 e. The Morgan fingerprint density at radius 3 is 1.91 bits per heavy atom. The highest BCUT2D eigenvalue weighted by Crippen LogP contribution is 2.21. The molecule has 1 saturated carbocycles. The normalized spacial score (nSPS) is 22.2. The summed E-state index contributed by atoms with van der Waals surface area (Å²) in [6.07, 6.45) is 8.89. The fraction of sp³-hybridized carbons (Fsp3) is 0.889. The first kappa shape index (κ1) is 8.57. The molecule has 1 aliphatic rings. The Morgan fingerprint density at radius 1 is 1.00 bits per heavy atom. The van der Waals surface area contributed by atoms with Crippen molar-refractivity contribution in [1.29, 1.82) is 5.41 Å². The van der Waals surface area contributed by atoms with Crippen LogP contribution in [-0.4, -0.2) is 5.84 Å². The van der Waals surface area contributed by atoms with E-state index in [0.29, 0.717) is 11.8 Å². The lowest BCUT2D eigenvalue weighted by Crippen LogP contribution is -2.23. The van der Waals surface area contributed by atoms with Crippen molar-refractivity contribution in [2.75, 3.05) is 0 Å². The molecule has 0 unspecified atom stereocenters. The summed E-state index contributed by atoms with van der Waals surface area (Å²) in [5.74, 6) is 0.808. The molecule has 1 rings (SSSR count). The van der Waals surface area contributed by atoms with Crippen molar-refractivity contribution < 1.29 is 0 Å². The van der Waals surface area contributed by atoms with Crippen LogP contribution in [-0.2, 0) is 0 Å². The van der Waals surface area contributed by atoms with Gasteiger partial charge in [-0.2, -0.15) is 0 Å². The Morgan fingerprint density at radius 2 is 1.45 bits per heavy atom. The van der Waals surface area contributed by atoms with Gasteiger partial charge < -0.3 is 5.73 Å². The number of nitrogens with two attached hydrogens (primary N) is 1. The summed E-state index contributed by atoms with van der Waals surface area (Å²) >= 11 is 0. The fourth-order valence-electron chi connectivity index (χ4n) is 1.77. The number of rotatable bonds is 1. The van der Waals surface area contributed by atoms with Gasteiger partial charge in [-0.15, -0.1) is 0 Å². The van der Waals surface area contributed by atoms with E-state index in [0.717, 1.165) is 12.8 Å². The molecule has 11 heavy (non-hydrogen) atoms. The van der Waals surface area contributed by atoms with Crippen LogP contribution < -0.4 is 5.73 Å². The zero-order valence-electron chi connectivity index (χ0n) is 7.10. The van der Waals surface area contributed by atoms with Gasteiger partial charge in [0.1, 0.15) is 0 Å². The van der Waals surface area contributed by atoms with E-state index in [9.17, 15) is 0 Å². The second-order valence-electron chi connectivity index (χ2n) is 3.50. The largest absolute Gasteiger partial charge is 0.387 e. The summed E-state index contributed by atoms with van der Waals surface area (Å²) in [5.41, 5.74) is 5.47. The quantitative estimate of drug-likeness (QED) is 0.442. The van der Waals surface area contributed by atoms with E-state index in [4.69, 9.17) is 11.1 Å². The first-order chi connectivity index (χ1) is 5.30. The highest BCUT2D eigenvalue weighted by Gasteiger charge is 2.12. The predicted octanol–water partition coefficient (Wildman–Crippen LogP) is 2.28. The smallest absolute Gasteiger partial charge is 0.0936 e. The van der Waals surface area contributed by atoms with Gasteiger partial charge in [-0.1, -0.05) is 32.1 Å². The van der Waals surface area contributed by atoms with E-state index in [1.165, 1.54) is 32.1 Å². The van der Waals surface area contributed by atoms with Crippen molar-refractivity contribution >= 4 is 5.84 Å². The van der Waals surface area contributed by atoms with Gasteiger partial charge in [0.15, 0.2) is 0 Å². The van der Waals surface area contributed by atoms with Crippen molar-refractivity contribution in [3.63, 3.8) is 0 Å². The molecule has 0 bridgehead atoms. The van der Waals surface area contributed by atoms with Gasteiger partial charge in [0.2, 0.25) is 0 Å². The molecule has 0 aromatic heterocycles. The summed E-state index contributed by atoms with van der Waals surface area (Å²) in [4.78, 5) is 0. The number of hydrogen-bond donors (Lipinski definition) is 2. The summed E-state index contributed by atoms with van der Waals surface area (Å²) in [6, 6.07) is 0. The van der Waals surface area contributed by atoms with E-state index in [2.05, 4.69) is 0 Å². The van der Waals surface area contributed by atoms with Crippen LogP contribution in [0.2, 0.25) is 0 Å². The second kappa shape index (κ2) is 4.37. The lowest BCUT2D eigenvalue weighted by Gasteiger charge is -2.17. The molecular weight excluding hydrogens is 136 g/mol. The van der Waals surface area contributed by atoms with Crippen LogP contribution in [0.5, 0.6) is 0 Å². The third-order valence-electron chi connectivity index (χ3n) is 2.54. The van der Waals surface area contributed by atoms with Gasteiger partial charge in [-0.25, -0.2) is 0 Å². The molecule has 3 N–H and O–H groups in total. The Hall–Kier alpha value is -0.530. The molecule has 1 aliphatic carbocycles. The fourth-order valence-corrected chi connectivity index (χ4v) is 1.77. The molecule has 0 atom stereocenters. The summed E-state index contributed by atoms with van der Waals surface area (Å²) < 4.78 is 0. The number of nitrogens with one attached hydrogen (secondary N) is 1. The molecule has 64 valence electrons. The SMILES string of the molecule is N=C(N)C1CCCCCCC1.